The minimum Gasteiger partial charge on any atom is -0.481 e. The van der Waals surface area contributed by atoms with Crippen molar-refractivity contribution < 1.29 is 9.90 Å². The van der Waals surface area contributed by atoms with Crippen LogP contribution in [0.15, 0.2) is 30.3 Å². The maximum absolute atomic E-state index is 11.2. The fraction of sp³-hybridized carbons (Fsp3) is 0.500. The van der Waals surface area contributed by atoms with Gasteiger partial charge in [-0.3, -0.25) is 4.79 Å². The molecular formula is C14H20O2. The van der Waals surface area contributed by atoms with Crippen molar-refractivity contribution >= 4 is 5.97 Å². The van der Waals surface area contributed by atoms with Gasteiger partial charge in [0.15, 0.2) is 0 Å². The molecule has 0 aliphatic heterocycles. The van der Waals surface area contributed by atoms with E-state index in [0.717, 1.165) is 24.8 Å². The molecule has 1 rings (SSSR count). The molecule has 0 amide bonds. The van der Waals surface area contributed by atoms with E-state index in [-0.39, 0.29) is 5.92 Å². The molecule has 0 heterocycles. The van der Waals surface area contributed by atoms with Crippen molar-refractivity contribution in [3.63, 3.8) is 0 Å². The Morgan fingerprint density at radius 3 is 2.31 bits per heavy atom. The lowest BCUT2D eigenvalue weighted by atomic mass is 9.92. The van der Waals surface area contributed by atoms with Gasteiger partial charge in [0.05, 0.1) is 5.92 Å². The Balaban J connectivity index is 2.59. The van der Waals surface area contributed by atoms with Crippen molar-refractivity contribution in [2.24, 2.45) is 5.92 Å². The summed E-state index contributed by atoms with van der Waals surface area (Å²) in [7, 11) is 0. The first kappa shape index (κ1) is 12.8. The Morgan fingerprint density at radius 1 is 1.19 bits per heavy atom. The zero-order chi connectivity index (χ0) is 12.0. The highest BCUT2D eigenvalue weighted by atomic mass is 16.4. The van der Waals surface area contributed by atoms with Gasteiger partial charge in [-0.25, -0.2) is 0 Å². The number of hydrogen-bond acceptors (Lipinski definition) is 1. The van der Waals surface area contributed by atoms with Gasteiger partial charge in [0.1, 0.15) is 0 Å². The van der Waals surface area contributed by atoms with Crippen LogP contribution in [-0.2, 0) is 4.79 Å². The summed E-state index contributed by atoms with van der Waals surface area (Å²) < 4.78 is 0. The third kappa shape index (κ3) is 4.05. The van der Waals surface area contributed by atoms with Gasteiger partial charge in [-0.2, -0.15) is 0 Å². The van der Waals surface area contributed by atoms with Crippen LogP contribution in [0.2, 0.25) is 0 Å². The number of carboxylic acids is 1. The molecule has 0 bridgehead atoms. The molecule has 1 aromatic carbocycles. The first-order chi connectivity index (χ1) is 7.61. The molecule has 0 radical (unpaired) electrons. The quantitative estimate of drug-likeness (QED) is 0.794. The average Bonchev–Trinajstić information content (AvgIpc) is 2.25. The minimum absolute atomic E-state index is 0.347. The summed E-state index contributed by atoms with van der Waals surface area (Å²) in [6.07, 6.45) is 2.80. The zero-order valence-corrected chi connectivity index (χ0v) is 10.0. The molecule has 1 atom stereocenters. The number of benzene rings is 1. The maximum atomic E-state index is 11.2. The highest BCUT2D eigenvalue weighted by molar-refractivity contribution is 5.75. The van der Waals surface area contributed by atoms with Crippen LogP contribution in [-0.4, -0.2) is 11.1 Å². The van der Waals surface area contributed by atoms with E-state index in [4.69, 9.17) is 0 Å². The van der Waals surface area contributed by atoms with Gasteiger partial charge in [-0.1, -0.05) is 57.0 Å². The highest BCUT2D eigenvalue weighted by Gasteiger charge is 2.18. The predicted molar refractivity (Wildman–Crippen MR) is 65.5 cm³/mol. The minimum atomic E-state index is -0.713. The van der Waals surface area contributed by atoms with Crippen molar-refractivity contribution in [3.05, 3.63) is 35.9 Å². The lowest BCUT2D eigenvalue weighted by Gasteiger charge is -2.13. The molecule has 1 N–H and O–H groups in total. The number of aliphatic carboxylic acids is 1. The van der Waals surface area contributed by atoms with E-state index >= 15 is 0 Å². The Hall–Kier alpha value is -1.31. The topological polar surface area (TPSA) is 37.3 Å². The standard InChI is InChI=1S/C14H20O2/c1-11(2)7-6-10-13(14(15)16)12-8-4-3-5-9-12/h3-5,8-9,11,13H,6-7,10H2,1-2H3,(H,15,16). The highest BCUT2D eigenvalue weighted by Crippen LogP contribution is 2.23. The molecule has 1 aromatic rings. The molecular weight excluding hydrogens is 200 g/mol. The van der Waals surface area contributed by atoms with Gasteiger partial charge in [0, 0.05) is 0 Å². The summed E-state index contributed by atoms with van der Waals surface area (Å²) in [5, 5.41) is 9.19. The van der Waals surface area contributed by atoms with Gasteiger partial charge >= 0.3 is 5.97 Å². The van der Waals surface area contributed by atoms with Crippen LogP contribution in [0.5, 0.6) is 0 Å². The van der Waals surface area contributed by atoms with E-state index in [9.17, 15) is 9.90 Å². The van der Waals surface area contributed by atoms with E-state index < -0.39 is 5.97 Å². The summed E-state index contributed by atoms with van der Waals surface area (Å²) in [6, 6.07) is 9.50. The zero-order valence-electron chi connectivity index (χ0n) is 10.0. The van der Waals surface area contributed by atoms with Crippen molar-refractivity contribution in [3.8, 4) is 0 Å². The van der Waals surface area contributed by atoms with E-state index in [1.165, 1.54) is 0 Å². The van der Waals surface area contributed by atoms with Crippen LogP contribution in [0.25, 0.3) is 0 Å². The second-order valence-corrected chi connectivity index (χ2v) is 4.63. The van der Waals surface area contributed by atoms with Crippen LogP contribution in [0.1, 0.15) is 44.6 Å². The van der Waals surface area contributed by atoms with E-state index in [1.807, 2.05) is 30.3 Å². The summed E-state index contributed by atoms with van der Waals surface area (Å²) >= 11 is 0. The third-order valence-electron chi connectivity index (χ3n) is 2.77. The molecule has 16 heavy (non-hydrogen) atoms. The molecule has 0 saturated carbocycles. The van der Waals surface area contributed by atoms with Crippen molar-refractivity contribution in [2.45, 2.75) is 39.0 Å². The third-order valence-corrected chi connectivity index (χ3v) is 2.77. The fourth-order valence-electron chi connectivity index (χ4n) is 1.85. The molecule has 2 heteroatoms. The van der Waals surface area contributed by atoms with E-state index in [1.54, 1.807) is 0 Å². The Kier molecular flexibility index (Phi) is 5.03. The second kappa shape index (κ2) is 6.31. The second-order valence-electron chi connectivity index (χ2n) is 4.63. The van der Waals surface area contributed by atoms with Gasteiger partial charge in [-0.05, 0) is 17.9 Å². The van der Waals surface area contributed by atoms with Crippen molar-refractivity contribution in [1.29, 1.82) is 0 Å². The molecule has 0 aliphatic rings. The Labute approximate surface area is 97.3 Å². The number of hydrogen-bond donors (Lipinski definition) is 1. The molecule has 0 saturated heterocycles. The van der Waals surface area contributed by atoms with Crippen molar-refractivity contribution in [1.82, 2.24) is 0 Å². The van der Waals surface area contributed by atoms with E-state index in [2.05, 4.69) is 13.8 Å². The van der Waals surface area contributed by atoms with Crippen LogP contribution in [0.3, 0.4) is 0 Å². The Bertz CT molecular complexity index is 317. The van der Waals surface area contributed by atoms with Crippen LogP contribution in [0.4, 0.5) is 0 Å². The monoisotopic (exact) mass is 220 g/mol. The van der Waals surface area contributed by atoms with Crippen LogP contribution in [0, 0.1) is 5.92 Å². The Morgan fingerprint density at radius 2 is 1.81 bits per heavy atom. The van der Waals surface area contributed by atoms with Crippen LogP contribution >= 0.6 is 0 Å². The van der Waals surface area contributed by atoms with Gasteiger partial charge in [-0.15, -0.1) is 0 Å². The molecule has 0 aromatic heterocycles. The first-order valence-electron chi connectivity index (χ1n) is 5.89. The van der Waals surface area contributed by atoms with Gasteiger partial charge in [0.2, 0.25) is 0 Å². The van der Waals surface area contributed by atoms with Gasteiger partial charge in [0.25, 0.3) is 0 Å². The first-order valence-corrected chi connectivity index (χ1v) is 5.89. The average molecular weight is 220 g/mol. The summed E-state index contributed by atoms with van der Waals surface area (Å²) in [5.74, 6) is -0.417. The summed E-state index contributed by atoms with van der Waals surface area (Å²) in [6.45, 7) is 4.33. The largest absolute Gasteiger partial charge is 0.481 e. The number of carboxylic acid groups (broad SMARTS) is 1. The molecule has 0 aliphatic carbocycles. The predicted octanol–water partition coefficient (Wildman–Crippen LogP) is 3.68. The normalized spacial score (nSPS) is 12.7. The molecule has 0 spiro atoms. The lowest BCUT2D eigenvalue weighted by molar-refractivity contribution is -0.139. The molecule has 88 valence electrons. The fourth-order valence-corrected chi connectivity index (χ4v) is 1.85. The molecule has 0 fully saturated rings. The summed E-state index contributed by atoms with van der Waals surface area (Å²) in [4.78, 5) is 11.2. The summed E-state index contributed by atoms with van der Waals surface area (Å²) in [5.41, 5.74) is 0.916. The van der Waals surface area contributed by atoms with E-state index in [0.29, 0.717) is 5.92 Å². The van der Waals surface area contributed by atoms with Gasteiger partial charge < -0.3 is 5.11 Å². The smallest absolute Gasteiger partial charge is 0.310 e. The molecule has 1 unspecified atom stereocenters. The lowest BCUT2D eigenvalue weighted by Crippen LogP contribution is -2.11. The number of carbonyl (C=O) groups is 1. The SMILES string of the molecule is CC(C)CCCC(C(=O)O)c1ccccc1. The number of rotatable bonds is 6. The van der Waals surface area contributed by atoms with Crippen LogP contribution < -0.4 is 0 Å². The molecule has 2 nitrogen and oxygen atoms in total. The van der Waals surface area contributed by atoms with Crippen molar-refractivity contribution in [2.75, 3.05) is 0 Å². The maximum Gasteiger partial charge on any atom is 0.310 e.